The Hall–Kier alpha value is -2.27. The van der Waals surface area contributed by atoms with Crippen molar-refractivity contribution in [1.82, 2.24) is 15.1 Å². The van der Waals surface area contributed by atoms with Gasteiger partial charge in [0, 0.05) is 37.1 Å². The molecule has 23 heavy (non-hydrogen) atoms. The molecule has 3 rings (SSSR count). The second-order valence-electron chi connectivity index (χ2n) is 5.59. The quantitative estimate of drug-likeness (QED) is 0.761. The Morgan fingerprint density at radius 3 is 3.17 bits per heavy atom. The van der Waals surface area contributed by atoms with Crippen LogP contribution in [0.4, 0.5) is 0 Å². The number of nitrogens with zero attached hydrogens (tertiary/aromatic N) is 2. The van der Waals surface area contributed by atoms with Crippen molar-refractivity contribution in [3.05, 3.63) is 47.8 Å². The van der Waals surface area contributed by atoms with Crippen molar-refractivity contribution >= 4 is 6.08 Å². The number of benzene rings is 1. The third kappa shape index (κ3) is 4.36. The van der Waals surface area contributed by atoms with Gasteiger partial charge < -0.3 is 14.8 Å². The van der Waals surface area contributed by atoms with E-state index in [9.17, 15) is 0 Å². The lowest BCUT2D eigenvalue weighted by Gasteiger charge is -2.19. The molecule has 0 saturated heterocycles. The van der Waals surface area contributed by atoms with E-state index in [2.05, 4.69) is 29.5 Å². The Labute approximate surface area is 136 Å². The number of fused-ring (bicyclic) bond motifs is 1. The first kappa shape index (κ1) is 15.6. The Morgan fingerprint density at radius 2 is 2.35 bits per heavy atom. The molecule has 1 N–H and O–H groups in total. The van der Waals surface area contributed by atoms with E-state index in [-0.39, 0.29) is 0 Å². The van der Waals surface area contributed by atoms with Crippen LogP contribution in [-0.4, -0.2) is 36.1 Å². The second-order valence-corrected chi connectivity index (χ2v) is 5.59. The molecule has 0 fully saturated rings. The number of aromatic nitrogens is 2. The molecule has 0 bridgehead atoms. The van der Waals surface area contributed by atoms with Crippen LogP contribution in [0.2, 0.25) is 0 Å². The number of rotatable bonds is 8. The van der Waals surface area contributed by atoms with Gasteiger partial charge in [-0.1, -0.05) is 6.92 Å². The van der Waals surface area contributed by atoms with Gasteiger partial charge >= 0.3 is 0 Å². The van der Waals surface area contributed by atoms with Crippen LogP contribution in [0.1, 0.15) is 18.9 Å². The van der Waals surface area contributed by atoms with Gasteiger partial charge in [-0.05, 0) is 36.3 Å². The molecule has 1 aliphatic rings. The Morgan fingerprint density at radius 1 is 1.39 bits per heavy atom. The third-order valence-electron chi connectivity index (χ3n) is 3.66. The molecule has 2 aromatic rings. The van der Waals surface area contributed by atoms with E-state index in [1.54, 1.807) is 6.20 Å². The average molecular weight is 313 g/mol. The molecule has 1 aliphatic heterocycles. The summed E-state index contributed by atoms with van der Waals surface area (Å²) in [6.45, 7) is 6.04. The monoisotopic (exact) mass is 313 g/mol. The summed E-state index contributed by atoms with van der Waals surface area (Å²) < 4.78 is 13.4. The predicted octanol–water partition coefficient (Wildman–Crippen LogP) is 2.74. The van der Waals surface area contributed by atoms with Crippen molar-refractivity contribution in [2.45, 2.75) is 19.9 Å². The molecule has 122 valence electrons. The lowest BCUT2D eigenvalue weighted by atomic mass is 10.1. The fourth-order valence-corrected chi connectivity index (χ4v) is 2.48. The summed E-state index contributed by atoms with van der Waals surface area (Å²) in [5.74, 6) is 1.78. The van der Waals surface area contributed by atoms with Gasteiger partial charge in [0.15, 0.2) is 0 Å². The summed E-state index contributed by atoms with van der Waals surface area (Å²) >= 11 is 0. The molecule has 2 heterocycles. The minimum absolute atomic E-state index is 0.624. The fourth-order valence-electron chi connectivity index (χ4n) is 2.48. The highest BCUT2D eigenvalue weighted by Crippen LogP contribution is 2.30. The van der Waals surface area contributed by atoms with Gasteiger partial charge in [-0.2, -0.15) is 5.10 Å². The Kier molecular flexibility index (Phi) is 5.32. The van der Waals surface area contributed by atoms with Crippen LogP contribution in [0.3, 0.4) is 0 Å². The number of hydrogen-bond acceptors (Lipinski definition) is 4. The number of hydrogen-bond donors (Lipinski definition) is 1. The van der Waals surface area contributed by atoms with Gasteiger partial charge in [-0.25, -0.2) is 0 Å². The van der Waals surface area contributed by atoms with Crippen molar-refractivity contribution < 1.29 is 9.47 Å². The van der Waals surface area contributed by atoms with Crippen LogP contribution in [0.5, 0.6) is 11.5 Å². The minimum atomic E-state index is 0.624. The van der Waals surface area contributed by atoms with Crippen LogP contribution < -0.4 is 14.8 Å². The lowest BCUT2D eigenvalue weighted by molar-refractivity contribution is 0.309. The molecule has 0 saturated carbocycles. The van der Waals surface area contributed by atoms with Crippen LogP contribution in [0.15, 0.2) is 42.2 Å². The third-order valence-corrected chi connectivity index (χ3v) is 3.66. The first-order valence-corrected chi connectivity index (χ1v) is 8.12. The lowest BCUT2D eigenvalue weighted by Crippen LogP contribution is -2.25. The highest BCUT2D eigenvalue weighted by Gasteiger charge is 2.12. The van der Waals surface area contributed by atoms with Gasteiger partial charge in [-0.3, -0.25) is 4.68 Å². The second kappa shape index (κ2) is 7.83. The summed E-state index contributed by atoms with van der Waals surface area (Å²) in [5.41, 5.74) is 2.36. The maximum Gasteiger partial charge on any atom is 0.130 e. The Bertz CT molecular complexity index is 650. The number of nitrogens with one attached hydrogen (secondary N) is 1. The van der Waals surface area contributed by atoms with Crippen molar-refractivity contribution in [1.29, 1.82) is 0 Å². The molecular weight excluding hydrogens is 290 g/mol. The van der Waals surface area contributed by atoms with Crippen molar-refractivity contribution in [3.63, 3.8) is 0 Å². The molecule has 5 heteroatoms. The molecule has 5 nitrogen and oxygen atoms in total. The zero-order valence-electron chi connectivity index (χ0n) is 13.5. The zero-order chi connectivity index (χ0) is 15.9. The number of ether oxygens (including phenoxy) is 2. The SMILES string of the molecule is CCCOc1ccc2c(c1)OCC(CNCCn1cccn1)=C2. The molecule has 0 amide bonds. The summed E-state index contributed by atoms with van der Waals surface area (Å²) in [5, 5.41) is 7.61. The predicted molar refractivity (Wildman–Crippen MR) is 90.8 cm³/mol. The first-order chi connectivity index (χ1) is 11.3. The van der Waals surface area contributed by atoms with Gasteiger partial charge in [0.2, 0.25) is 0 Å². The van der Waals surface area contributed by atoms with Gasteiger partial charge in [0.1, 0.15) is 18.1 Å². The zero-order valence-corrected chi connectivity index (χ0v) is 13.5. The molecule has 0 unspecified atom stereocenters. The molecule has 1 aromatic heterocycles. The minimum Gasteiger partial charge on any atom is -0.493 e. The van der Waals surface area contributed by atoms with Gasteiger partial charge in [-0.15, -0.1) is 0 Å². The topological polar surface area (TPSA) is 48.3 Å². The maximum absolute atomic E-state index is 5.85. The standard InChI is InChI=1S/C18H23N3O2/c1-2-10-22-17-5-4-16-11-15(14-23-18(16)12-17)13-19-7-9-21-8-3-6-20-21/h3-6,8,11-12,19H,2,7,9-10,13-14H2,1H3. The summed E-state index contributed by atoms with van der Waals surface area (Å²) in [6, 6.07) is 7.97. The van der Waals surface area contributed by atoms with Crippen LogP contribution in [0.25, 0.3) is 6.08 Å². The van der Waals surface area contributed by atoms with E-state index < -0.39 is 0 Å². The molecule has 0 radical (unpaired) electrons. The van der Waals surface area contributed by atoms with Gasteiger partial charge in [0.05, 0.1) is 13.2 Å². The average Bonchev–Trinajstić information content (AvgIpc) is 3.10. The van der Waals surface area contributed by atoms with Crippen LogP contribution >= 0.6 is 0 Å². The van der Waals surface area contributed by atoms with Crippen LogP contribution in [0, 0.1) is 0 Å². The Balaban J connectivity index is 1.51. The molecular formula is C18H23N3O2. The van der Waals surface area contributed by atoms with Crippen molar-refractivity contribution in [3.8, 4) is 11.5 Å². The van der Waals surface area contributed by atoms with E-state index in [4.69, 9.17) is 9.47 Å². The summed E-state index contributed by atoms with van der Waals surface area (Å²) in [7, 11) is 0. The van der Waals surface area contributed by atoms with Crippen molar-refractivity contribution in [2.24, 2.45) is 0 Å². The summed E-state index contributed by atoms with van der Waals surface area (Å²) in [4.78, 5) is 0. The van der Waals surface area contributed by atoms with E-state index in [1.807, 2.05) is 29.1 Å². The first-order valence-electron chi connectivity index (χ1n) is 8.12. The molecule has 1 aromatic carbocycles. The van der Waals surface area contributed by atoms with E-state index in [1.165, 1.54) is 5.57 Å². The van der Waals surface area contributed by atoms with E-state index >= 15 is 0 Å². The van der Waals surface area contributed by atoms with E-state index in [0.29, 0.717) is 6.61 Å². The smallest absolute Gasteiger partial charge is 0.130 e. The van der Waals surface area contributed by atoms with Crippen molar-refractivity contribution in [2.75, 3.05) is 26.3 Å². The maximum atomic E-state index is 5.85. The van der Waals surface area contributed by atoms with Gasteiger partial charge in [0.25, 0.3) is 0 Å². The van der Waals surface area contributed by atoms with E-state index in [0.717, 1.165) is 49.7 Å². The largest absolute Gasteiger partial charge is 0.493 e. The fraction of sp³-hybridized carbons (Fsp3) is 0.389. The molecule has 0 spiro atoms. The molecule has 0 atom stereocenters. The van der Waals surface area contributed by atoms with Crippen LogP contribution in [-0.2, 0) is 6.54 Å². The highest BCUT2D eigenvalue weighted by molar-refractivity contribution is 5.63. The molecule has 0 aliphatic carbocycles. The normalized spacial score (nSPS) is 13.2. The summed E-state index contributed by atoms with van der Waals surface area (Å²) in [6.07, 6.45) is 6.97. The highest BCUT2D eigenvalue weighted by atomic mass is 16.5.